The molecule has 88 valence electrons. The van der Waals surface area contributed by atoms with Crippen LogP contribution in [-0.4, -0.2) is 28.0 Å². The first-order chi connectivity index (χ1) is 7.39. The standard InChI is InChI=1S/C9H15ClN6/c1-4-6-13-8(14-7(10)16(6)12)15-9(2,3)5-11/h7H,4,12H2,1-3H3,(H,14,15). The Morgan fingerprint density at radius 2 is 2.31 bits per heavy atom. The predicted octanol–water partition coefficient (Wildman–Crippen LogP) is 0.754. The second kappa shape index (κ2) is 4.68. The highest BCUT2D eigenvalue weighted by Crippen LogP contribution is 2.12. The van der Waals surface area contributed by atoms with Crippen molar-refractivity contribution in [2.75, 3.05) is 0 Å². The van der Waals surface area contributed by atoms with Crippen molar-refractivity contribution in [1.82, 2.24) is 10.3 Å². The number of rotatable bonds is 2. The van der Waals surface area contributed by atoms with E-state index in [1.165, 1.54) is 5.01 Å². The largest absolute Gasteiger partial charge is 0.337 e. The van der Waals surface area contributed by atoms with E-state index < -0.39 is 11.2 Å². The van der Waals surface area contributed by atoms with Crippen molar-refractivity contribution in [3.8, 4) is 6.07 Å². The third-order valence-corrected chi connectivity index (χ3v) is 2.32. The molecule has 0 saturated heterocycles. The number of halogens is 1. The molecule has 0 amide bonds. The normalized spacial score (nSPS) is 21.0. The molecular weight excluding hydrogens is 228 g/mol. The smallest absolute Gasteiger partial charge is 0.224 e. The Labute approximate surface area is 99.8 Å². The van der Waals surface area contributed by atoms with E-state index in [-0.39, 0.29) is 0 Å². The van der Waals surface area contributed by atoms with Gasteiger partial charge in [0.15, 0.2) is 0 Å². The van der Waals surface area contributed by atoms with Gasteiger partial charge < -0.3 is 5.32 Å². The Morgan fingerprint density at radius 3 is 2.81 bits per heavy atom. The zero-order valence-electron chi connectivity index (χ0n) is 9.53. The second-order valence-corrected chi connectivity index (χ2v) is 4.30. The molecule has 7 heteroatoms. The lowest BCUT2D eigenvalue weighted by atomic mass is 10.1. The summed E-state index contributed by atoms with van der Waals surface area (Å²) in [7, 11) is 0. The lowest BCUT2D eigenvalue weighted by Crippen LogP contribution is -2.49. The van der Waals surface area contributed by atoms with Crippen molar-refractivity contribution >= 4 is 23.4 Å². The fourth-order valence-electron chi connectivity index (χ4n) is 1.12. The summed E-state index contributed by atoms with van der Waals surface area (Å²) in [4.78, 5) is 8.21. The second-order valence-electron chi connectivity index (χ2n) is 3.91. The van der Waals surface area contributed by atoms with Crippen LogP contribution in [0, 0.1) is 11.3 Å². The van der Waals surface area contributed by atoms with Gasteiger partial charge in [0.25, 0.3) is 0 Å². The topological polar surface area (TPSA) is 89.8 Å². The lowest BCUT2D eigenvalue weighted by molar-refractivity contribution is 0.398. The molecule has 6 nitrogen and oxygen atoms in total. The number of alkyl halides is 1. The summed E-state index contributed by atoms with van der Waals surface area (Å²) in [6.45, 7) is 5.38. The van der Waals surface area contributed by atoms with Crippen LogP contribution in [0.1, 0.15) is 27.2 Å². The van der Waals surface area contributed by atoms with E-state index in [2.05, 4.69) is 21.4 Å². The molecule has 16 heavy (non-hydrogen) atoms. The minimum absolute atomic E-state index is 0.338. The van der Waals surface area contributed by atoms with Gasteiger partial charge in [0.1, 0.15) is 11.4 Å². The van der Waals surface area contributed by atoms with Gasteiger partial charge in [-0.2, -0.15) is 10.3 Å². The van der Waals surface area contributed by atoms with Gasteiger partial charge in [0.2, 0.25) is 11.6 Å². The Kier molecular flexibility index (Phi) is 3.73. The summed E-state index contributed by atoms with van der Waals surface area (Å²) >= 11 is 5.92. The van der Waals surface area contributed by atoms with Crippen molar-refractivity contribution in [2.24, 2.45) is 15.8 Å². The Morgan fingerprint density at radius 1 is 1.69 bits per heavy atom. The van der Waals surface area contributed by atoms with Crippen LogP contribution in [0.2, 0.25) is 0 Å². The molecule has 1 unspecified atom stereocenters. The number of hydrogen-bond donors (Lipinski definition) is 2. The molecule has 1 aliphatic rings. The highest BCUT2D eigenvalue weighted by atomic mass is 35.5. The van der Waals surface area contributed by atoms with E-state index in [0.29, 0.717) is 18.2 Å². The zero-order valence-corrected chi connectivity index (χ0v) is 10.3. The first-order valence-electron chi connectivity index (χ1n) is 4.92. The predicted molar refractivity (Wildman–Crippen MR) is 63.7 cm³/mol. The van der Waals surface area contributed by atoms with Crippen LogP contribution < -0.4 is 11.2 Å². The molecule has 1 aliphatic heterocycles. The van der Waals surface area contributed by atoms with Crippen LogP contribution >= 0.6 is 11.6 Å². The molecule has 0 aromatic rings. The number of hydrogen-bond acceptors (Lipinski definition) is 6. The number of hydrazine groups is 1. The third kappa shape index (κ3) is 2.84. The van der Waals surface area contributed by atoms with Crippen LogP contribution in [0.25, 0.3) is 0 Å². The van der Waals surface area contributed by atoms with Crippen LogP contribution in [0.4, 0.5) is 0 Å². The summed E-state index contributed by atoms with van der Waals surface area (Å²) in [5.74, 6) is 6.63. The number of aliphatic imine (C=N–C) groups is 2. The quantitative estimate of drug-likeness (QED) is 0.425. The molecule has 1 atom stereocenters. The van der Waals surface area contributed by atoms with Gasteiger partial charge in [0.05, 0.1) is 6.07 Å². The highest BCUT2D eigenvalue weighted by molar-refractivity contribution is 6.22. The number of amidine groups is 1. The van der Waals surface area contributed by atoms with E-state index in [1.807, 2.05) is 6.92 Å². The third-order valence-electron chi connectivity index (χ3n) is 2.01. The lowest BCUT2D eigenvalue weighted by Gasteiger charge is -2.28. The molecule has 0 aromatic carbocycles. The molecule has 0 aliphatic carbocycles. The number of nitriles is 1. The van der Waals surface area contributed by atoms with E-state index in [9.17, 15) is 0 Å². The minimum Gasteiger partial charge on any atom is -0.337 e. The molecule has 1 rings (SSSR count). The number of nitrogens with one attached hydrogen (secondary N) is 1. The summed E-state index contributed by atoms with van der Waals surface area (Å²) in [5.41, 5.74) is -1.43. The molecule has 3 N–H and O–H groups in total. The Balaban J connectivity index is 2.88. The van der Waals surface area contributed by atoms with Gasteiger partial charge in [-0.1, -0.05) is 18.5 Å². The van der Waals surface area contributed by atoms with Crippen molar-refractivity contribution < 1.29 is 0 Å². The van der Waals surface area contributed by atoms with Crippen molar-refractivity contribution in [3.05, 3.63) is 0 Å². The molecule has 0 fully saturated rings. The van der Waals surface area contributed by atoms with Crippen LogP contribution in [0.3, 0.4) is 0 Å². The fraction of sp³-hybridized carbons (Fsp3) is 0.667. The van der Waals surface area contributed by atoms with Crippen molar-refractivity contribution in [1.29, 1.82) is 5.26 Å². The SMILES string of the molecule is CCC1=NC(NC(C)(C)C#N)=NC(Cl)N1N. The Hall–Kier alpha value is -1.32. The van der Waals surface area contributed by atoms with Gasteiger partial charge in [-0.05, 0) is 13.8 Å². The zero-order chi connectivity index (χ0) is 12.3. The molecule has 0 radical (unpaired) electrons. The van der Waals surface area contributed by atoms with Gasteiger partial charge in [-0.15, -0.1) is 0 Å². The first-order valence-corrected chi connectivity index (χ1v) is 5.36. The number of nitrogens with zero attached hydrogens (tertiary/aromatic N) is 4. The molecule has 0 spiro atoms. The number of guanidine groups is 1. The summed E-state index contributed by atoms with van der Waals surface area (Å²) in [6.07, 6.45) is 0.646. The molecule has 0 saturated carbocycles. The molecular formula is C9H15ClN6. The van der Waals surface area contributed by atoms with E-state index in [4.69, 9.17) is 22.7 Å². The summed E-state index contributed by atoms with van der Waals surface area (Å²) < 4.78 is 0. The molecule has 0 aromatic heterocycles. The van der Waals surface area contributed by atoms with E-state index in [0.717, 1.165) is 0 Å². The summed E-state index contributed by atoms with van der Waals surface area (Å²) in [5, 5.41) is 13.1. The van der Waals surface area contributed by atoms with Crippen LogP contribution in [-0.2, 0) is 0 Å². The highest BCUT2D eigenvalue weighted by Gasteiger charge is 2.24. The van der Waals surface area contributed by atoms with Crippen molar-refractivity contribution in [2.45, 2.75) is 38.4 Å². The summed E-state index contributed by atoms with van der Waals surface area (Å²) in [6, 6.07) is 2.10. The maximum absolute atomic E-state index is 8.88. The average Bonchev–Trinajstić information content (AvgIpc) is 2.22. The van der Waals surface area contributed by atoms with Gasteiger partial charge in [-0.3, -0.25) is 5.01 Å². The van der Waals surface area contributed by atoms with E-state index in [1.54, 1.807) is 13.8 Å². The van der Waals surface area contributed by atoms with Gasteiger partial charge >= 0.3 is 0 Å². The van der Waals surface area contributed by atoms with Crippen molar-refractivity contribution in [3.63, 3.8) is 0 Å². The Bertz CT molecular complexity index is 367. The van der Waals surface area contributed by atoms with Gasteiger partial charge in [-0.25, -0.2) is 10.8 Å². The van der Waals surface area contributed by atoms with Gasteiger partial charge in [0, 0.05) is 6.42 Å². The van der Waals surface area contributed by atoms with Crippen LogP contribution in [0.5, 0.6) is 0 Å². The monoisotopic (exact) mass is 242 g/mol. The van der Waals surface area contributed by atoms with Crippen LogP contribution in [0.15, 0.2) is 9.98 Å². The minimum atomic E-state index is -0.742. The molecule has 1 heterocycles. The molecule has 0 bridgehead atoms. The average molecular weight is 243 g/mol. The maximum atomic E-state index is 8.88. The fourth-order valence-corrected chi connectivity index (χ4v) is 1.33. The maximum Gasteiger partial charge on any atom is 0.224 e. The van der Waals surface area contributed by atoms with E-state index >= 15 is 0 Å². The number of nitrogens with two attached hydrogens (primary N) is 1. The first kappa shape index (κ1) is 12.7.